The highest BCUT2D eigenvalue weighted by atomic mass is 16.6. The number of rotatable bonds is 4. The van der Waals surface area contributed by atoms with Gasteiger partial charge in [0, 0.05) is 25.4 Å². The Morgan fingerprint density at radius 2 is 1.91 bits per heavy atom. The molecule has 2 fully saturated rings. The fraction of sp³-hybridized carbons (Fsp3) is 0.812. The number of ketones is 1. The average Bonchev–Trinajstić information content (AvgIpc) is 2.97. The second kappa shape index (κ2) is 6.67. The number of nitrogens with zero attached hydrogens (tertiary/aromatic N) is 1. The first-order chi connectivity index (χ1) is 10.3. The van der Waals surface area contributed by atoms with E-state index in [1.165, 1.54) is 0 Å². The van der Waals surface area contributed by atoms with E-state index in [4.69, 9.17) is 4.74 Å². The average molecular weight is 310 g/mol. The van der Waals surface area contributed by atoms with Crippen LogP contribution in [0.1, 0.15) is 40.5 Å². The van der Waals surface area contributed by atoms with E-state index in [1.807, 2.05) is 13.8 Å². The lowest BCUT2D eigenvalue weighted by Crippen LogP contribution is -2.51. The Bertz CT molecular complexity index is 461. The van der Waals surface area contributed by atoms with Gasteiger partial charge in [-0.3, -0.25) is 9.59 Å². The highest BCUT2D eigenvalue weighted by Gasteiger charge is 2.44. The van der Waals surface area contributed by atoms with Crippen LogP contribution < -0.4 is 5.32 Å². The van der Waals surface area contributed by atoms with Gasteiger partial charge in [0.15, 0.2) is 0 Å². The third-order valence-electron chi connectivity index (χ3n) is 4.48. The lowest BCUT2D eigenvalue weighted by Gasteiger charge is -2.27. The van der Waals surface area contributed by atoms with Crippen molar-refractivity contribution in [1.29, 1.82) is 0 Å². The van der Waals surface area contributed by atoms with Crippen molar-refractivity contribution in [2.45, 2.75) is 52.7 Å². The molecule has 3 atom stereocenters. The minimum absolute atomic E-state index is 0.000576. The molecule has 0 aromatic heterocycles. The number of ether oxygens (including phenoxy) is 1. The van der Waals surface area contributed by atoms with Gasteiger partial charge in [-0.1, -0.05) is 13.8 Å². The zero-order chi connectivity index (χ0) is 16.4. The van der Waals surface area contributed by atoms with Gasteiger partial charge < -0.3 is 15.0 Å². The van der Waals surface area contributed by atoms with Crippen LogP contribution in [0.25, 0.3) is 0 Å². The number of hydrogen-bond donors (Lipinski definition) is 1. The first-order valence-electron chi connectivity index (χ1n) is 8.08. The lowest BCUT2D eigenvalue weighted by atomic mass is 10.0. The van der Waals surface area contributed by atoms with E-state index in [1.54, 1.807) is 18.7 Å². The van der Waals surface area contributed by atoms with Gasteiger partial charge in [-0.25, -0.2) is 4.79 Å². The number of amides is 2. The molecule has 2 amide bonds. The Kier molecular flexibility index (Phi) is 5.08. The zero-order valence-electron chi connectivity index (χ0n) is 13.8. The number of hydrogen-bond acceptors (Lipinski definition) is 4. The first kappa shape index (κ1) is 16.8. The Labute approximate surface area is 131 Å². The smallest absolute Gasteiger partial charge is 0.408 e. The molecule has 1 saturated heterocycles. The number of carbonyl (C=O) groups excluding carboxylic acids is 3. The van der Waals surface area contributed by atoms with Gasteiger partial charge in [0.2, 0.25) is 5.91 Å². The van der Waals surface area contributed by atoms with E-state index in [0.717, 1.165) is 6.42 Å². The van der Waals surface area contributed by atoms with Crippen LogP contribution in [-0.2, 0) is 14.3 Å². The Balaban J connectivity index is 1.98. The monoisotopic (exact) mass is 310 g/mol. The van der Waals surface area contributed by atoms with E-state index in [9.17, 15) is 14.4 Å². The molecule has 2 aliphatic rings. The summed E-state index contributed by atoms with van der Waals surface area (Å²) < 4.78 is 5.06. The molecule has 1 heterocycles. The number of likely N-dealkylation sites (tertiary alicyclic amines) is 1. The van der Waals surface area contributed by atoms with Crippen molar-refractivity contribution in [2.75, 3.05) is 13.1 Å². The normalized spacial score (nSPS) is 25.5. The van der Waals surface area contributed by atoms with Crippen molar-refractivity contribution in [3.8, 4) is 0 Å². The molecule has 1 N–H and O–H groups in total. The molecule has 0 unspecified atom stereocenters. The molecule has 0 bridgehead atoms. The van der Waals surface area contributed by atoms with Gasteiger partial charge in [-0.05, 0) is 32.1 Å². The quantitative estimate of drug-likeness (QED) is 0.855. The minimum Gasteiger partial charge on any atom is -0.447 e. The van der Waals surface area contributed by atoms with Crippen LogP contribution in [0, 0.1) is 17.8 Å². The molecule has 1 aliphatic carbocycles. The van der Waals surface area contributed by atoms with E-state index in [-0.39, 0.29) is 29.6 Å². The molecular weight excluding hydrogens is 284 g/mol. The Morgan fingerprint density at radius 3 is 2.45 bits per heavy atom. The van der Waals surface area contributed by atoms with Crippen LogP contribution in [0.2, 0.25) is 0 Å². The molecule has 2 rings (SSSR count). The molecule has 22 heavy (non-hydrogen) atoms. The Morgan fingerprint density at radius 1 is 1.23 bits per heavy atom. The summed E-state index contributed by atoms with van der Waals surface area (Å²) in [4.78, 5) is 38.0. The van der Waals surface area contributed by atoms with Crippen molar-refractivity contribution in [3.05, 3.63) is 0 Å². The second-order valence-electron chi connectivity index (χ2n) is 6.93. The van der Waals surface area contributed by atoms with Crippen LogP contribution in [0.3, 0.4) is 0 Å². The van der Waals surface area contributed by atoms with Crippen LogP contribution in [0.15, 0.2) is 0 Å². The maximum Gasteiger partial charge on any atom is 0.408 e. The van der Waals surface area contributed by atoms with E-state index < -0.39 is 12.1 Å². The van der Waals surface area contributed by atoms with Crippen molar-refractivity contribution >= 4 is 17.8 Å². The van der Waals surface area contributed by atoms with Gasteiger partial charge >= 0.3 is 6.09 Å². The van der Waals surface area contributed by atoms with Crippen molar-refractivity contribution in [2.24, 2.45) is 17.8 Å². The lowest BCUT2D eigenvalue weighted by molar-refractivity contribution is -0.134. The molecule has 1 aliphatic heterocycles. The summed E-state index contributed by atoms with van der Waals surface area (Å²) >= 11 is 0. The number of alkyl carbamates (subject to hydrolysis) is 1. The van der Waals surface area contributed by atoms with Crippen LogP contribution in [-0.4, -0.2) is 47.9 Å². The highest BCUT2D eigenvalue weighted by Crippen LogP contribution is 2.35. The van der Waals surface area contributed by atoms with Crippen molar-refractivity contribution in [3.63, 3.8) is 0 Å². The summed E-state index contributed by atoms with van der Waals surface area (Å²) in [5.74, 6) is 0.418. The zero-order valence-corrected chi connectivity index (χ0v) is 13.8. The Hall–Kier alpha value is -1.59. The maximum atomic E-state index is 12.7. The van der Waals surface area contributed by atoms with Crippen LogP contribution in [0.5, 0.6) is 0 Å². The molecule has 6 heteroatoms. The molecule has 0 aromatic carbocycles. The number of nitrogens with one attached hydrogen (secondary N) is 1. The third-order valence-corrected chi connectivity index (χ3v) is 4.48. The van der Waals surface area contributed by atoms with Crippen molar-refractivity contribution in [1.82, 2.24) is 10.2 Å². The van der Waals surface area contributed by atoms with E-state index >= 15 is 0 Å². The molecule has 124 valence electrons. The van der Waals surface area contributed by atoms with Crippen molar-refractivity contribution < 1.29 is 19.1 Å². The van der Waals surface area contributed by atoms with Gasteiger partial charge in [-0.2, -0.15) is 0 Å². The summed E-state index contributed by atoms with van der Waals surface area (Å²) in [5.41, 5.74) is 0. The summed E-state index contributed by atoms with van der Waals surface area (Å²) in [7, 11) is 0. The molecular formula is C16H26N2O4. The van der Waals surface area contributed by atoms with E-state index in [0.29, 0.717) is 25.4 Å². The first-order valence-corrected chi connectivity index (χ1v) is 8.08. The van der Waals surface area contributed by atoms with Crippen LogP contribution >= 0.6 is 0 Å². The maximum absolute atomic E-state index is 12.7. The summed E-state index contributed by atoms with van der Waals surface area (Å²) in [6, 6.07) is -0.611. The van der Waals surface area contributed by atoms with Gasteiger partial charge in [0.25, 0.3) is 0 Å². The number of carbonyl (C=O) groups is 3. The van der Waals surface area contributed by atoms with Crippen LogP contribution in [0.4, 0.5) is 4.79 Å². The molecule has 6 nitrogen and oxygen atoms in total. The summed E-state index contributed by atoms with van der Waals surface area (Å²) in [6.45, 7) is 8.42. The summed E-state index contributed by atoms with van der Waals surface area (Å²) in [6.07, 6.45) is 0.719. The third kappa shape index (κ3) is 3.59. The molecule has 1 saturated carbocycles. The predicted octanol–water partition coefficient (Wildman–Crippen LogP) is 1.58. The SMILES string of the molecule is CC(C)OC(=O)N[C@H](C(=O)N1C[C@H]2CCC(=O)[C@H]2C1)C(C)C. The molecule has 0 aromatic rings. The fourth-order valence-corrected chi connectivity index (χ4v) is 3.31. The second-order valence-corrected chi connectivity index (χ2v) is 6.93. The predicted molar refractivity (Wildman–Crippen MR) is 81.2 cm³/mol. The van der Waals surface area contributed by atoms with Gasteiger partial charge in [0.05, 0.1) is 6.10 Å². The summed E-state index contributed by atoms with van der Waals surface area (Å²) in [5, 5.41) is 2.66. The fourth-order valence-electron chi connectivity index (χ4n) is 3.31. The van der Waals surface area contributed by atoms with E-state index in [2.05, 4.69) is 5.32 Å². The standard InChI is InChI=1S/C16H26N2O4/c1-9(2)14(17-16(21)22-10(3)4)15(20)18-7-11-5-6-13(19)12(11)8-18/h9-12,14H,5-8H2,1-4H3,(H,17,21)/t11-,12+,14+/m1/s1. The number of Topliss-reactive ketones (excluding diaryl/α,β-unsaturated/α-hetero) is 1. The molecule has 0 radical (unpaired) electrons. The van der Waals surface area contributed by atoms with Gasteiger partial charge in [0.1, 0.15) is 11.8 Å². The number of fused-ring (bicyclic) bond motifs is 1. The highest BCUT2D eigenvalue weighted by molar-refractivity contribution is 5.89. The molecule has 0 spiro atoms. The largest absolute Gasteiger partial charge is 0.447 e. The topological polar surface area (TPSA) is 75.7 Å². The minimum atomic E-state index is -0.611. The van der Waals surface area contributed by atoms with Gasteiger partial charge in [-0.15, -0.1) is 0 Å².